The number of hydrogen-bond acceptors (Lipinski definition) is 4. The van der Waals surface area contributed by atoms with E-state index in [1.165, 1.54) is 12.0 Å². The maximum absolute atomic E-state index is 12.1. The average Bonchev–Trinajstić information content (AvgIpc) is 3.19. The van der Waals surface area contributed by atoms with Crippen molar-refractivity contribution < 1.29 is 9.53 Å². The summed E-state index contributed by atoms with van der Waals surface area (Å²) in [6.45, 7) is 5.11. The van der Waals surface area contributed by atoms with Gasteiger partial charge in [-0.15, -0.1) is 0 Å². The normalized spacial score (nSPS) is 30.7. The number of rotatable bonds is 3. The van der Waals surface area contributed by atoms with Crippen LogP contribution in [0.5, 0.6) is 0 Å². The maximum atomic E-state index is 12.1. The van der Waals surface area contributed by atoms with Crippen molar-refractivity contribution in [3.63, 3.8) is 0 Å². The van der Waals surface area contributed by atoms with Crippen LogP contribution in [0.25, 0.3) is 0 Å². The molecule has 23 heavy (non-hydrogen) atoms. The molecule has 4 rings (SSSR count). The number of aromatic nitrogens is 1. The van der Waals surface area contributed by atoms with Crippen molar-refractivity contribution in [1.82, 2.24) is 15.2 Å². The molecule has 2 atom stereocenters. The fraction of sp³-hybridized carbons (Fsp3) is 0.667. The van der Waals surface area contributed by atoms with Crippen LogP contribution in [0.15, 0.2) is 24.5 Å². The molecule has 1 N–H and O–H groups in total. The lowest BCUT2D eigenvalue weighted by molar-refractivity contribution is -0.120. The second kappa shape index (κ2) is 6.21. The number of nitrogens with one attached hydrogen (secondary N) is 1. The first-order chi connectivity index (χ1) is 11.3. The fourth-order valence-corrected chi connectivity index (χ4v) is 4.53. The van der Waals surface area contributed by atoms with Crippen LogP contribution in [0.4, 0.5) is 0 Å². The fourth-order valence-electron chi connectivity index (χ4n) is 4.53. The molecule has 5 heteroatoms. The summed E-state index contributed by atoms with van der Waals surface area (Å²) in [6.07, 6.45) is 7.55. The first-order valence-corrected chi connectivity index (χ1v) is 8.76. The van der Waals surface area contributed by atoms with E-state index >= 15 is 0 Å². The van der Waals surface area contributed by atoms with Crippen LogP contribution >= 0.6 is 0 Å². The Kier molecular flexibility index (Phi) is 4.07. The van der Waals surface area contributed by atoms with Crippen molar-refractivity contribution >= 4 is 5.91 Å². The molecule has 0 bridgehead atoms. The summed E-state index contributed by atoms with van der Waals surface area (Å²) < 4.78 is 5.49. The van der Waals surface area contributed by atoms with Crippen LogP contribution in [0, 0.1) is 5.92 Å². The molecule has 0 saturated carbocycles. The first-order valence-electron chi connectivity index (χ1n) is 8.76. The minimum atomic E-state index is -0.0545. The average molecular weight is 315 g/mol. The molecular weight excluding hydrogens is 290 g/mol. The van der Waals surface area contributed by atoms with Gasteiger partial charge in [0.25, 0.3) is 0 Å². The molecule has 5 nitrogen and oxygen atoms in total. The monoisotopic (exact) mass is 315 g/mol. The van der Waals surface area contributed by atoms with Crippen molar-refractivity contribution in [3.8, 4) is 0 Å². The van der Waals surface area contributed by atoms with Gasteiger partial charge in [-0.2, -0.15) is 0 Å². The van der Waals surface area contributed by atoms with E-state index in [-0.39, 0.29) is 17.4 Å². The van der Waals surface area contributed by atoms with Crippen LogP contribution in [0.1, 0.15) is 37.2 Å². The van der Waals surface area contributed by atoms with Gasteiger partial charge in [0.15, 0.2) is 0 Å². The van der Waals surface area contributed by atoms with Crippen molar-refractivity contribution in [3.05, 3.63) is 30.1 Å². The van der Waals surface area contributed by atoms with Gasteiger partial charge in [0.2, 0.25) is 5.91 Å². The van der Waals surface area contributed by atoms with E-state index in [1.54, 1.807) is 0 Å². The van der Waals surface area contributed by atoms with Crippen LogP contribution in [0.3, 0.4) is 0 Å². The molecule has 3 fully saturated rings. The number of piperidine rings is 1. The summed E-state index contributed by atoms with van der Waals surface area (Å²) in [5.74, 6) is 1.18. The number of nitrogens with zero attached hydrogens (tertiary/aromatic N) is 2. The van der Waals surface area contributed by atoms with Crippen LogP contribution < -0.4 is 5.32 Å². The lowest BCUT2D eigenvalue weighted by atomic mass is 9.74. The third-order valence-corrected chi connectivity index (χ3v) is 5.84. The maximum Gasteiger partial charge on any atom is 0.221 e. The Hall–Kier alpha value is -1.46. The molecule has 3 aliphatic heterocycles. The minimum absolute atomic E-state index is 0.0545. The molecule has 0 aliphatic carbocycles. The van der Waals surface area contributed by atoms with Gasteiger partial charge >= 0.3 is 0 Å². The van der Waals surface area contributed by atoms with Gasteiger partial charge in [-0.1, -0.05) is 0 Å². The van der Waals surface area contributed by atoms with Gasteiger partial charge in [0.05, 0.1) is 6.61 Å². The molecule has 0 radical (unpaired) electrons. The number of amides is 1. The van der Waals surface area contributed by atoms with Gasteiger partial charge in [0.1, 0.15) is 0 Å². The van der Waals surface area contributed by atoms with Gasteiger partial charge in [-0.3, -0.25) is 9.78 Å². The second-order valence-electron chi connectivity index (χ2n) is 7.27. The highest BCUT2D eigenvalue weighted by molar-refractivity contribution is 5.81. The summed E-state index contributed by atoms with van der Waals surface area (Å²) >= 11 is 0. The van der Waals surface area contributed by atoms with E-state index in [0.717, 1.165) is 45.7 Å². The highest BCUT2D eigenvalue weighted by Crippen LogP contribution is 2.43. The summed E-state index contributed by atoms with van der Waals surface area (Å²) in [7, 11) is 0. The number of pyridine rings is 1. The Morgan fingerprint density at radius 1 is 1.30 bits per heavy atom. The summed E-state index contributed by atoms with van der Waals surface area (Å²) in [5.41, 5.74) is 1.19. The lowest BCUT2D eigenvalue weighted by Gasteiger charge is -2.43. The highest BCUT2D eigenvalue weighted by Gasteiger charge is 2.48. The van der Waals surface area contributed by atoms with E-state index < -0.39 is 0 Å². The SMILES string of the molecule is O=C1C[C@H](c2ccncc2)C2(CCN(C[C@@H]3CCOC3)CC2)N1. The minimum Gasteiger partial charge on any atom is -0.381 e. The number of ether oxygens (including phenoxy) is 1. The standard InChI is InChI=1S/C18H25N3O2/c22-17-11-16(15-1-6-19-7-2-15)18(20-17)4-8-21(9-5-18)12-14-3-10-23-13-14/h1-2,6-7,14,16H,3-5,8-13H2,(H,20,22)/t14-,16+/m0/s1. The Morgan fingerprint density at radius 2 is 2.09 bits per heavy atom. The van der Waals surface area contributed by atoms with E-state index in [0.29, 0.717) is 12.3 Å². The molecular formula is C18H25N3O2. The van der Waals surface area contributed by atoms with E-state index in [4.69, 9.17) is 4.74 Å². The number of carbonyl (C=O) groups is 1. The summed E-state index contributed by atoms with van der Waals surface area (Å²) in [4.78, 5) is 18.8. The lowest BCUT2D eigenvalue weighted by Crippen LogP contribution is -2.54. The molecule has 1 aromatic rings. The van der Waals surface area contributed by atoms with Crippen molar-refractivity contribution in [2.24, 2.45) is 5.92 Å². The van der Waals surface area contributed by atoms with Crippen LogP contribution in [-0.4, -0.2) is 54.2 Å². The molecule has 1 spiro atoms. The second-order valence-corrected chi connectivity index (χ2v) is 7.27. The zero-order valence-electron chi connectivity index (χ0n) is 13.5. The third kappa shape index (κ3) is 3.00. The quantitative estimate of drug-likeness (QED) is 0.920. The highest BCUT2D eigenvalue weighted by atomic mass is 16.5. The van der Waals surface area contributed by atoms with E-state index in [2.05, 4.69) is 27.3 Å². The van der Waals surface area contributed by atoms with Gasteiger partial charge in [-0.05, 0) is 42.9 Å². The van der Waals surface area contributed by atoms with Gasteiger partial charge in [-0.25, -0.2) is 0 Å². The molecule has 124 valence electrons. The predicted octanol–water partition coefficient (Wildman–Crippen LogP) is 1.56. The van der Waals surface area contributed by atoms with Crippen molar-refractivity contribution in [1.29, 1.82) is 0 Å². The smallest absolute Gasteiger partial charge is 0.221 e. The van der Waals surface area contributed by atoms with E-state index in [9.17, 15) is 4.79 Å². The number of hydrogen-bond donors (Lipinski definition) is 1. The molecule has 1 amide bonds. The summed E-state index contributed by atoms with van der Waals surface area (Å²) in [5, 5.41) is 3.32. The van der Waals surface area contributed by atoms with E-state index in [1.807, 2.05) is 12.4 Å². The Bertz CT molecular complexity index is 549. The molecule has 3 saturated heterocycles. The Morgan fingerprint density at radius 3 is 2.78 bits per heavy atom. The molecule has 1 aromatic heterocycles. The topological polar surface area (TPSA) is 54.5 Å². The first kappa shape index (κ1) is 15.1. The molecule has 0 aromatic carbocycles. The van der Waals surface area contributed by atoms with Crippen LogP contribution in [0.2, 0.25) is 0 Å². The Balaban J connectivity index is 1.44. The molecule has 3 aliphatic rings. The van der Waals surface area contributed by atoms with Crippen LogP contribution in [-0.2, 0) is 9.53 Å². The third-order valence-electron chi connectivity index (χ3n) is 5.84. The predicted molar refractivity (Wildman–Crippen MR) is 87.1 cm³/mol. The zero-order valence-corrected chi connectivity index (χ0v) is 13.5. The van der Waals surface area contributed by atoms with Gasteiger partial charge < -0.3 is 15.0 Å². The Labute approximate surface area is 137 Å². The number of carbonyl (C=O) groups excluding carboxylic acids is 1. The summed E-state index contributed by atoms with van der Waals surface area (Å²) in [6, 6.07) is 4.13. The van der Waals surface area contributed by atoms with Crippen molar-refractivity contribution in [2.45, 2.75) is 37.1 Å². The molecule has 4 heterocycles. The number of likely N-dealkylation sites (tertiary alicyclic amines) is 1. The van der Waals surface area contributed by atoms with Crippen molar-refractivity contribution in [2.75, 3.05) is 32.8 Å². The van der Waals surface area contributed by atoms with Gasteiger partial charge in [0, 0.05) is 56.5 Å². The largest absolute Gasteiger partial charge is 0.381 e. The zero-order chi connectivity index (χ0) is 15.7. The molecule has 0 unspecified atom stereocenters.